The molecule has 1 aromatic heterocycles. The Morgan fingerprint density at radius 1 is 1.08 bits per heavy atom. The minimum absolute atomic E-state index is 0.0125. The van der Waals surface area contributed by atoms with Crippen molar-refractivity contribution in [3.63, 3.8) is 0 Å². The molecule has 5 rings (SSSR count). The van der Waals surface area contributed by atoms with Crippen LogP contribution in [0.15, 0.2) is 76.6 Å². The minimum atomic E-state index is -0.546. The first kappa shape index (κ1) is 24.3. The summed E-state index contributed by atoms with van der Waals surface area (Å²) in [5.74, 6) is 0.245. The van der Waals surface area contributed by atoms with E-state index in [1.165, 1.54) is 35.2 Å². The van der Waals surface area contributed by atoms with Gasteiger partial charge in [-0.3, -0.25) is 14.9 Å². The van der Waals surface area contributed by atoms with Gasteiger partial charge in [-0.1, -0.05) is 49.6 Å². The zero-order chi connectivity index (χ0) is 25.8. The largest absolute Gasteiger partial charge is 0.481 e. The number of nitro groups is 1. The molecule has 4 aromatic rings. The smallest absolute Gasteiger partial charge is 0.311 e. The van der Waals surface area contributed by atoms with Crippen molar-refractivity contribution in [3.05, 3.63) is 110 Å². The van der Waals surface area contributed by atoms with Gasteiger partial charge in [-0.05, 0) is 48.7 Å². The van der Waals surface area contributed by atoms with Gasteiger partial charge in [0, 0.05) is 17.5 Å². The summed E-state index contributed by atoms with van der Waals surface area (Å²) >= 11 is 0. The van der Waals surface area contributed by atoms with Gasteiger partial charge in [0.15, 0.2) is 0 Å². The standard InChI is InChI=1S/C28H25FN4O4/c29-22-12-6-8-19(16-22)18-37-26-21(11-7-15-25(26)33(35)36)17-30-32-27(20-9-2-1-3-10-20)31-24-14-5-4-13-23(24)28(32)34/h4-8,11-17,20H,1-3,9-10,18H2. The fourth-order valence-corrected chi connectivity index (χ4v) is 4.72. The zero-order valence-electron chi connectivity index (χ0n) is 20.0. The molecule has 8 nitrogen and oxygen atoms in total. The number of para-hydroxylation sites is 2. The van der Waals surface area contributed by atoms with Gasteiger partial charge in [-0.25, -0.2) is 9.37 Å². The van der Waals surface area contributed by atoms with Gasteiger partial charge in [0.2, 0.25) is 5.75 Å². The molecule has 0 amide bonds. The Morgan fingerprint density at radius 2 is 1.86 bits per heavy atom. The van der Waals surface area contributed by atoms with E-state index in [4.69, 9.17) is 9.72 Å². The summed E-state index contributed by atoms with van der Waals surface area (Å²) in [5.41, 5.74) is 0.914. The van der Waals surface area contributed by atoms with E-state index in [-0.39, 0.29) is 29.5 Å². The number of benzene rings is 3. The molecule has 0 unspecified atom stereocenters. The Morgan fingerprint density at radius 3 is 2.65 bits per heavy atom. The first-order valence-corrected chi connectivity index (χ1v) is 12.2. The number of ether oxygens (including phenoxy) is 1. The molecule has 1 heterocycles. The molecular weight excluding hydrogens is 475 g/mol. The normalized spacial score (nSPS) is 14.3. The third-order valence-electron chi connectivity index (χ3n) is 6.56. The molecule has 0 radical (unpaired) electrons. The SMILES string of the molecule is O=c1c2ccccc2nc(C2CCCCC2)n1N=Cc1cccc([N+](=O)[O-])c1OCc1cccc(F)c1. The molecule has 0 atom stereocenters. The number of nitro benzene ring substituents is 1. The van der Waals surface area contributed by atoms with Crippen LogP contribution < -0.4 is 10.3 Å². The Balaban J connectivity index is 1.57. The van der Waals surface area contributed by atoms with Gasteiger partial charge in [0.05, 0.1) is 22.0 Å². The fourth-order valence-electron chi connectivity index (χ4n) is 4.72. The van der Waals surface area contributed by atoms with Crippen molar-refractivity contribution in [2.75, 3.05) is 0 Å². The number of rotatable bonds is 7. The van der Waals surface area contributed by atoms with E-state index in [9.17, 15) is 19.3 Å². The molecule has 0 saturated heterocycles. The van der Waals surface area contributed by atoms with Gasteiger partial charge < -0.3 is 4.74 Å². The molecule has 0 bridgehead atoms. The second-order valence-corrected chi connectivity index (χ2v) is 9.05. The number of aromatic nitrogens is 2. The Bertz CT molecular complexity index is 1540. The van der Waals surface area contributed by atoms with E-state index in [1.807, 2.05) is 12.1 Å². The van der Waals surface area contributed by atoms with Crippen molar-refractivity contribution in [2.24, 2.45) is 5.10 Å². The van der Waals surface area contributed by atoms with Crippen LogP contribution in [0.3, 0.4) is 0 Å². The third kappa shape index (κ3) is 5.25. The highest BCUT2D eigenvalue weighted by Crippen LogP contribution is 2.33. The summed E-state index contributed by atoms with van der Waals surface area (Å²) < 4.78 is 20.7. The van der Waals surface area contributed by atoms with Crippen molar-refractivity contribution in [3.8, 4) is 5.75 Å². The lowest BCUT2D eigenvalue weighted by Gasteiger charge is -2.22. The van der Waals surface area contributed by atoms with Gasteiger partial charge in [0.1, 0.15) is 18.2 Å². The molecule has 0 spiro atoms. The van der Waals surface area contributed by atoms with Crippen LogP contribution in [0.4, 0.5) is 10.1 Å². The van der Waals surface area contributed by atoms with Crippen molar-refractivity contribution >= 4 is 22.8 Å². The molecule has 37 heavy (non-hydrogen) atoms. The first-order valence-electron chi connectivity index (χ1n) is 12.2. The fraction of sp³-hybridized carbons (Fsp3) is 0.250. The predicted molar refractivity (Wildman–Crippen MR) is 139 cm³/mol. The summed E-state index contributed by atoms with van der Waals surface area (Å²) in [6.07, 6.45) is 6.48. The summed E-state index contributed by atoms with van der Waals surface area (Å²) in [7, 11) is 0. The van der Waals surface area contributed by atoms with Gasteiger partial charge in [-0.15, -0.1) is 0 Å². The molecule has 9 heteroatoms. The molecule has 188 valence electrons. The highest BCUT2D eigenvalue weighted by Gasteiger charge is 2.23. The van der Waals surface area contributed by atoms with Crippen LogP contribution in [-0.2, 0) is 6.61 Å². The third-order valence-corrected chi connectivity index (χ3v) is 6.56. The van der Waals surface area contributed by atoms with E-state index in [2.05, 4.69) is 5.10 Å². The van der Waals surface area contributed by atoms with Crippen LogP contribution in [0.25, 0.3) is 10.9 Å². The van der Waals surface area contributed by atoms with Crippen LogP contribution in [0, 0.1) is 15.9 Å². The number of fused-ring (bicyclic) bond motifs is 1. The van der Waals surface area contributed by atoms with E-state index >= 15 is 0 Å². The maximum atomic E-state index is 13.6. The van der Waals surface area contributed by atoms with Crippen molar-refractivity contribution < 1.29 is 14.1 Å². The lowest BCUT2D eigenvalue weighted by Crippen LogP contribution is -2.25. The summed E-state index contributed by atoms with van der Waals surface area (Å²) in [4.78, 5) is 29.4. The molecule has 1 aliphatic carbocycles. The maximum absolute atomic E-state index is 13.6. The molecule has 0 N–H and O–H groups in total. The molecule has 1 aliphatic rings. The average Bonchev–Trinajstić information content (AvgIpc) is 2.92. The first-order chi connectivity index (χ1) is 18.0. The van der Waals surface area contributed by atoms with Crippen LogP contribution in [0.2, 0.25) is 0 Å². The molecule has 0 aliphatic heterocycles. The van der Waals surface area contributed by atoms with Gasteiger partial charge >= 0.3 is 5.69 Å². The van der Waals surface area contributed by atoms with E-state index < -0.39 is 10.7 Å². The number of nitrogens with zero attached hydrogens (tertiary/aromatic N) is 4. The Labute approximate surface area is 212 Å². The van der Waals surface area contributed by atoms with E-state index in [0.29, 0.717) is 27.9 Å². The minimum Gasteiger partial charge on any atom is -0.481 e. The highest BCUT2D eigenvalue weighted by molar-refractivity contribution is 5.86. The predicted octanol–water partition coefficient (Wildman–Crippen LogP) is 5.95. The van der Waals surface area contributed by atoms with Crippen LogP contribution in [-0.4, -0.2) is 20.8 Å². The topological polar surface area (TPSA) is 99.6 Å². The molecule has 1 saturated carbocycles. The second-order valence-electron chi connectivity index (χ2n) is 9.05. The number of halogens is 1. The molecule has 3 aromatic carbocycles. The quantitative estimate of drug-likeness (QED) is 0.177. The molecule has 1 fully saturated rings. The van der Waals surface area contributed by atoms with Crippen LogP contribution in [0.5, 0.6) is 5.75 Å². The van der Waals surface area contributed by atoms with Crippen molar-refractivity contribution in [2.45, 2.75) is 44.6 Å². The molecular formula is C28H25FN4O4. The van der Waals surface area contributed by atoms with Crippen molar-refractivity contribution in [1.29, 1.82) is 0 Å². The monoisotopic (exact) mass is 500 g/mol. The summed E-state index contributed by atoms with van der Waals surface area (Å²) in [5, 5.41) is 16.7. The van der Waals surface area contributed by atoms with Crippen LogP contribution >= 0.6 is 0 Å². The average molecular weight is 501 g/mol. The van der Waals surface area contributed by atoms with E-state index in [0.717, 1.165) is 32.1 Å². The summed E-state index contributed by atoms with van der Waals surface area (Å²) in [6, 6.07) is 17.5. The summed E-state index contributed by atoms with van der Waals surface area (Å²) in [6.45, 7) is -0.0751. The van der Waals surface area contributed by atoms with Gasteiger partial charge in [-0.2, -0.15) is 9.78 Å². The second kappa shape index (κ2) is 10.7. The lowest BCUT2D eigenvalue weighted by molar-refractivity contribution is -0.385. The number of hydrogen-bond donors (Lipinski definition) is 0. The van der Waals surface area contributed by atoms with Gasteiger partial charge in [0.25, 0.3) is 5.56 Å². The lowest BCUT2D eigenvalue weighted by atomic mass is 9.88. The number of hydrogen-bond acceptors (Lipinski definition) is 6. The highest BCUT2D eigenvalue weighted by atomic mass is 19.1. The maximum Gasteiger partial charge on any atom is 0.311 e. The van der Waals surface area contributed by atoms with E-state index in [1.54, 1.807) is 30.3 Å². The Kier molecular flexibility index (Phi) is 7.02. The van der Waals surface area contributed by atoms with Crippen LogP contribution in [0.1, 0.15) is 55.0 Å². The van der Waals surface area contributed by atoms with Crippen molar-refractivity contribution in [1.82, 2.24) is 9.66 Å². The Hall–Kier alpha value is -4.40. The zero-order valence-corrected chi connectivity index (χ0v) is 20.0.